The average Bonchev–Trinajstić information content (AvgIpc) is 2.14. The second-order valence-corrected chi connectivity index (χ2v) is 3.73. The van der Waals surface area contributed by atoms with Gasteiger partial charge in [-0.1, -0.05) is 20.8 Å². The molecule has 0 aromatic heterocycles. The molecule has 0 aromatic carbocycles. The molecule has 2 unspecified atom stereocenters. The highest BCUT2D eigenvalue weighted by molar-refractivity contribution is 4.51. The van der Waals surface area contributed by atoms with E-state index in [0.717, 1.165) is 32.7 Å². The van der Waals surface area contributed by atoms with Crippen LogP contribution in [0.1, 0.15) is 40.5 Å². The van der Waals surface area contributed by atoms with Crippen molar-refractivity contribution in [3.8, 4) is 0 Å². The van der Waals surface area contributed by atoms with E-state index in [2.05, 4.69) is 27.7 Å². The van der Waals surface area contributed by atoms with Crippen LogP contribution in [0, 0.1) is 5.92 Å². The smallest absolute Gasteiger partial charge is 0.0544 e. The van der Waals surface area contributed by atoms with Crippen LogP contribution in [0.25, 0.3) is 0 Å². The van der Waals surface area contributed by atoms with Crippen molar-refractivity contribution in [1.29, 1.82) is 0 Å². The number of rotatable bonds is 8. The molecule has 0 saturated heterocycles. The Morgan fingerprint density at radius 1 is 1.08 bits per heavy atom. The summed E-state index contributed by atoms with van der Waals surface area (Å²) in [6.45, 7) is 11.1. The SMILES string of the molecule is CCCOCC(C)COC(C)CC. The van der Waals surface area contributed by atoms with Crippen molar-refractivity contribution in [3.63, 3.8) is 0 Å². The zero-order chi connectivity index (χ0) is 10.1. The van der Waals surface area contributed by atoms with Gasteiger partial charge in [0.2, 0.25) is 0 Å². The lowest BCUT2D eigenvalue weighted by molar-refractivity contribution is 0.0114. The Morgan fingerprint density at radius 3 is 2.31 bits per heavy atom. The largest absolute Gasteiger partial charge is 0.381 e. The fourth-order valence-electron chi connectivity index (χ4n) is 0.923. The van der Waals surface area contributed by atoms with E-state index in [1.165, 1.54) is 0 Å². The summed E-state index contributed by atoms with van der Waals surface area (Å²) in [6, 6.07) is 0. The third-order valence-corrected chi connectivity index (χ3v) is 1.99. The van der Waals surface area contributed by atoms with Crippen LogP contribution < -0.4 is 0 Å². The first-order chi connectivity index (χ1) is 6.20. The summed E-state index contributed by atoms with van der Waals surface area (Å²) in [4.78, 5) is 0. The molecule has 0 N–H and O–H groups in total. The predicted octanol–water partition coefficient (Wildman–Crippen LogP) is 2.86. The predicted molar refractivity (Wildman–Crippen MR) is 56.0 cm³/mol. The van der Waals surface area contributed by atoms with Gasteiger partial charge in [0.15, 0.2) is 0 Å². The highest BCUT2D eigenvalue weighted by Gasteiger charge is 2.04. The Hall–Kier alpha value is -0.0800. The van der Waals surface area contributed by atoms with Gasteiger partial charge >= 0.3 is 0 Å². The first-order valence-corrected chi connectivity index (χ1v) is 5.40. The summed E-state index contributed by atoms with van der Waals surface area (Å²) in [5.74, 6) is 0.514. The Morgan fingerprint density at radius 2 is 1.77 bits per heavy atom. The molecular formula is C11H24O2. The molecule has 0 aliphatic carbocycles. The lowest BCUT2D eigenvalue weighted by Gasteiger charge is -2.15. The summed E-state index contributed by atoms with van der Waals surface area (Å²) in [5.41, 5.74) is 0. The van der Waals surface area contributed by atoms with Crippen molar-refractivity contribution < 1.29 is 9.47 Å². The fraction of sp³-hybridized carbons (Fsp3) is 1.00. The molecule has 0 heterocycles. The maximum Gasteiger partial charge on any atom is 0.0544 e. The molecule has 0 amide bonds. The summed E-state index contributed by atoms with van der Waals surface area (Å²) in [7, 11) is 0. The third kappa shape index (κ3) is 8.26. The number of hydrogen-bond acceptors (Lipinski definition) is 2. The molecule has 0 fully saturated rings. The van der Waals surface area contributed by atoms with Gasteiger partial charge in [0.1, 0.15) is 0 Å². The van der Waals surface area contributed by atoms with Gasteiger partial charge in [0.05, 0.1) is 19.3 Å². The van der Waals surface area contributed by atoms with Crippen molar-refractivity contribution in [1.82, 2.24) is 0 Å². The van der Waals surface area contributed by atoms with Crippen molar-refractivity contribution >= 4 is 0 Å². The third-order valence-electron chi connectivity index (χ3n) is 1.99. The van der Waals surface area contributed by atoms with Crippen LogP contribution in [0.2, 0.25) is 0 Å². The fourth-order valence-corrected chi connectivity index (χ4v) is 0.923. The second kappa shape index (κ2) is 8.52. The van der Waals surface area contributed by atoms with Gasteiger partial charge in [0, 0.05) is 12.5 Å². The first-order valence-electron chi connectivity index (χ1n) is 5.40. The lowest BCUT2D eigenvalue weighted by Crippen LogP contribution is -2.17. The average molecular weight is 188 g/mol. The van der Waals surface area contributed by atoms with Gasteiger partial charge in [0.25, 0.3) is 0 Å². The van der Waals surface area contributed by atoms with Crippen molar-refractivity contribution in [3.05, 3.63) is 0 Å². The quantitative estimate of drug-likeness (QED) is 0.545. The molecule has 2 heteroatoms. The normalized spacial score (nSPS) is 15.7. The van der Waals surface area contributed by atoms with E-state index in [4.69, 9.17) is 9.47 Å². The van der Waals surface area contributed by atoms with Crippen LogP contribution in [-0.2, 0) is 9.47 Å². The van der Waals surface area contributed by atoms with E-state index in [9.17, 15) is 0 Å². The van der Waals surface area contributed by atoms with Crippen LogP contribution in [0.5, 0.6) is 0 Å². The minimum atomic E-state index is 0.383. The van der Waals surface area contributed by atoms with Gasteiger partial charge < -0.3 is 9.47 Å². The maximum absolute atomic E-state index is 5.60. The Kier molecular flexibility index (Phi) is 8.46. The van der Waals surface area contributed by atoms with Gasteiger partial charge in [-0.2, -0.15) is 0 Å². The molecule has 80 valence electrons. The Bertz CT molecular complexity index is 104. The van der Waals surface area contributed by atoms with Gasteiger partial charge in [-0.3, -0.25) is 0 Å². The molecule has 0 rings (SSSR count). The second-order valence-electron chi connectivity index (χ2n) is 3.73. The molecule has 2 atom stereocenters. The van der Waals surface area contributed by atoms with Crippen molar-refractivity contribution in [2.24, 2.45) is 5.92 Å². The highest BCUT2D eigenvalue weighted by Crippen LogP contribution is 2.02. The molecule has 13 heavy (non-hydrogen) atoms. The minimum Gasteiger partial charge on any atom is -0.381 e. The molecule has 0 saturated carbocycles. The molecule has 0 aromatic rings. The molecule has 0 aliphatic heterocycles. The molecule has 0 aliphatic rings. The molecule has 0 radical (unpaired) electrons. The van der Waals surface area contributed by atoms with E-state index >= 15 is 0 Å². The monoisotopic (exact) mass is 188 g/mol. The van der Waals surface area contributed by atoms with Gasteiger partial charge in [-0.15, -0.1) is 0 Å². The summed E-state index contributed by atoms with van der Waals surface area (Å²) >= 11 is 0. The lowest BCUT2D eigenvalue weighted by atomic mass is 10.2. The summed E-state index contributed by atoms with van der Waals surface area (Å²) in [6.07, 6.45) is 2.57. The Labute approximate surface area is 82.6 Å². The van der Waals surface area contributed by atoms with E-state index in [1.54, 1.807) is 0 Å². The standard InChI is InChI=1S/C11H24O2/c1-5-7-12-8-10(3)9-13-11(4)6-2/h10-11H,5-9H2,1-4H3. The van der Waals surface area contributed by atoms with Crippen LogP contribution in [-0.4, -0.2) is 25.9 Å². The molecule has 0 bridgehead atoms. The molecular weight excluding hydrogens is 164 g/mol. The van der Waals surface area contributed by atoms with E-state index < -0.39 is 0 Å². The molecule has 2 nitrogen and oxygen atoms in total. The molecule has 0 spiro atoms. The zero-order valence-electron chi connectivity index (χ0n) is 9.51. The van der Waals surface area contributed by atoms with E-state index in [1.807, 2.05) is 0 Å². The highest BCUT2D eigenvalue weighted by atomic mass is 16.5. The van der Waals surface area contributed by atoms with Crippen LogP contribution in [0.4, 0.5) is 0 Å². The van der Waals surface area contributed by atoms with E-state index in [-0.39, 0.29) is 0 Å². The van der Waals surface area contributed by atoms with Gasteiger partial charge in [-0.05, 0) is 19.8 Å². The van der Waals surface area contributed by atoms with Gasteiger partial charge in [-0.25, -0.2) is 0 Å². The maximum atomic E-state index is 5.60. The summed E-state index contributed by atoms with van der Waals surface area (Å²) in [5, 5.41) is 0. The van der Waals surface area contributed by atoms with Crippen molar-refractivity contribution in [2.75, 3.05) is 19.8 Å². The van der Waals surface area contributed by atoms with Crippen LogP contribution in [0.15, 0.2) is 0 Å². The minimum absolute atomic E-state index is 0.383. The zero-order valence-corrected chi connectivity index (χ0v) is 9.51. The van der Waals surface area contributed by atoms with Crippen LogP contribution >= 0.6 is 0 Å². The van der Waals surface area contributed by atoms with Crippen molar-refractivity contribution in [2.45, 2.75) is 46.6 Å². The number of hydrogen-bond donors (Lipinski definition) is 0. The Balaban J connectivity index is 3.24. The number of ether oxygens (including phenoxy) is 2. The van der Waals surface area contributed by atoms with E-state index in [0.29, 0.717) is 12.0 Å². The topological polar surface area (TPSA) is 18.5 Å². The van der Waals surface area contributed by atoms with Crippen LogP contribution in [0.3, 0.4) is 0 Å². The first kappa shape index (κ1) is 12.9. The summed E-state index contributed by atoms with van der Waals surface area (Å²) < 4.78 is 11.0.